The predicted octanol–water partition coefficient (Wildman–Crippen LogP) is 3.56. The third-order valence-corrected chi connectivity index (χ3v) is 10.4. The number of aryl methyl sites for hydroxylation is 2. The van der Waals surface area contributed by atoms with E-state index in [9.17, 15) is 0 Å². The van der Waals surface area contributed by atoms with E-state index >= 15 is 0 Å². The molecule has 0 aliphatic carbocycles. The first-order chi connectivity index (χ1) is 11.1. The van der Waals surface area contributed by atoms with Crippen LogP contribution >= 0.6 is 0 Å². The molecule has 2 heterocycles. The minimum absolute atomic E-state index is 0.597. The van der Waals surface area contributed by atoms with Crippen LogP contribution in [0.1, 0.15) is 29.2 Å². The number of hydrogen-bond donors (Lipinski definition) is 0. The summed E-state index contributed by atoms with van der Waals surface area (Å²) in [7, 11) is 0. The van der Waals surface area contributed by atoms with Gasteiger partial charge < -0.3 is 0 Å². The van der Waals surface area contributed by atoms with Crippen LogP contribution in [0.2, 0.25) is 0 Å². The quantitative estimate of drug-likeness (QED) is 0.687. The summed E-state index contributed by atoms with van der Waals surface area (Å²) in [4.78, 5) is 0. The Labute approximate surface area is 142 Å². The molecule has 2 aliphatic rings. The van der Waals surface area contributed by atoms with E-state index in [0.717, 1.165) is 24.6 Å². The average molecular weight is 427 g/mol. The Hall–Kier alpha value is -1.25. The second-order valence-electron chi connectivity index (χ2n) is 6.02. The van der Waals surface area contributed by atoms with E-state index in [0.29, 0.717) is 6.61 Å². The molecule has 0 amide bonds. The summed E-state index contributed by atoms with van der Waals surface area (Å²) in [6.07, 6.45) is 0. The molecule has 0 bridgehead atoms. The molecule has 0 unspecified atom stereocenters. The number of nitrogens with zero attached hydrogens (tertiary/aromatic N) is 1. The predicted molar refractivity (Wildman–Crippen MR) is 90.2 cm³/mol. The Bertz CT molecular complexity index is 704. The first-order valence-electron chi connectivity index (χ1n) is 7.90. The molecule has 0 fully saturated rings. The van der Waals surface area contributed by atoms with Crippen LogP contribution < -0.4 is 6.20 Å². The van der Waals surface area contributed by atoms with Gasteiger partial charge >= 0.3 is 143 Å². The van der Waals surface area contributed by atoms with Crippen molar-refractivity contribution < 1.29 is 9.30 Å². The number of fused-ring (bicyclic) bond motifs is 3. The summed E-state index contributed by atoms with van der Waals surface area (Å²) in [5.41, 5.74) is 4.93. The van der Waals surface area contributed by atoms with Crippen molar-refractivity contribution >= 4 is 19.7 Å². The Balaban J connectivity index is 1.77. The van der Waals surface area contributed by atoms with E-state index < -0.39 is 19.7 Å². The zero-order valence-corrected chi connectivity index (χ0v) is 16.0. The molecule has 23 heavy (non-hydrogen) atoms. The summed E-state index contributed by atoms with van der Waals surface area (Å²) in [5.74, 6) is 1.83. The van der Waals surface area contributed by atoms with Crippen molar-refractivity contribution in [2.75, 3.05) is 6.61 Å². The zero-order chi connectivity index (χ0) is 16.0. The Morgan fingerprint density at radius 3 is 1.96 bits per heavy atom. The fourth-order valence-corrected chi connectivity index (χ4v) is 9.21. The van der Waals surface area contributed by atoms with Gasteiger partial charge in [-0.25, -0.2) is 0 Å². The molecule has 0 aromatic heterocycles. The van der Waals surface area contributed by atoms with Gasteiger partial charge in [0.2, 0.25) is 0 Å². The molecule has 0 N–H and O–H groups in total. The van der Waals surface area contributed by atoms with Gasteiger partial charge in [-0.2, -0.15) is 0 Å². The molecule has 2 aromatic rings. The normalized spacial score (nSPS) is 19.6. The van der Waals surface area contributed by atoms with Crippen molar-refractivity contribution in [3.8, 4) is 11.5 Å². The van der Waals surface area contributed by atoms with Crippen LogP contribution in [-0.2, 0) is 16.2 Å². The molecule has 5 heteroatoms. The maximum absolute atomic E-state index is 6.38. The molecule has 0 saturated heterocycles. The van der Waals surface area contributed by atoms with E-state index in [1.165, 1.54) is 22.3 Å². The van der Waals surface area contributed by atoms with Crippen molar-refractivity contribution in [2.45, 2.75) is 33.9 Å². The first-order valence-corrected chi connectivity index (χ1v) is 11.8. The van der Waals surface area contributed by atoms with Crippen LogP contribution in [0.25, 0.3) is 0 Å². The Morgan fingerprint density at radius 2 is 1.48 bits per heavy atom. The third-order valence-electron chi connectivity index (χ3n) is 4.10. The Morgan fingerprint density at radius 1 is 0.957 bits per heavy atom. The number of hydrogen-bond acceptors (Lipinski definition) is 4. The monoisotopic (exact) mass is 429 g/mol. The second-order valence-corrected chi connectivity index (χ2v) is 11.6. The standard InChI is InChI=1S/C18H21NO3Te/c1-4-20-23-19(11-15-9-13(2)5-7-17(15)21-23)12-16-10-14(3)6-8-18(16)22-23/h5-10H,4,11-12H2,1-3H3. The van der Waals surface area contributed by atoms with Crippen LogP contribution in [0.5, 0.6) is 11.5 Å². The minimum atomic E-state index is -3.54. The SMILES string of the molecule is CCO[Te]12Oc3ccc(C)cc3CN1Cc1cc(C)ccc1O2. The van der Waals surface area contributed by atoms with Crippen LogP contribution in [0.3, 0.4) is 0 Å². The first kappa shape index (κ1) is 15.3. The molecule has 0 saturated carbocycles. The molecule has 122 valence electrons. The summed E-state index contributed by atoms with van der Waals surface area (Å²) in [5, 5.41) is 0. The van der Waals surface area contributed by atoms with Gasteiger partial charge in [0, 0.05) is 0 Å². The van der Waals surface area contributed by atoms with Crippen molar-refractivity contribution in [3.05, 3.63) is 58.7 Å². The molecular formula is C18H21NO3Te. The molecule has 2 aromatic carbocycles. The van der Waals surface area contributed by atoms with E-state index in [1.54, 1.807) is 0 Å². The van der Waals surface area contributed by atoms with Gasteiger partial charge in [-0.3, -0.25) is 0 Å². The third kappa shape index (κ3) is 2.62. The van der Waals surface area contributed by atoms with Gasteiger partial charge in [0.15, 0.2) is 0 Å². The van der Waals surface area contributed by atoms with Gasteiger partial charge in [-0.05, 0) is 0 Å². The van der Waals surface area contributed by atoms with Gasteiger partial charge in [-0.1, -0.05) is 0 Å². The topological polar surface area (TPSA) is 30.9 Å². The van der Waals surface area contributed by atoms with Gasteiger partial charge in [0.25, 0.3) is 0 Å². The zero-order valence-electron chi connectivity index (χ0n) is 13.7. The molecule has 2 aliphatic heterocycles. The van der Waals surface area contributed by atoms with Crippen LogP contribution in [0.4, 0.5) is 0 Å². The molecule has 4 rings (SSSR count). The van der Waals surface area contributed by atoms with Crippen LogP contribution in [0, 0.1) is 13.8 Å². The molecule has 0 spiro atoms. The fourth-order valence-electron chi connectivity index (χ4n) is 3.04. The summed E-state index contributed by atoms with van der Waals surface area (Å²) in [6.45, 7) is 8.47. The molecule has 4 nitrogen and oxygen atoms in total. The Kier molecular flexibility index (Phi) is 3.77. The van der Waals surface area contributed by atoms with Crippen molar-refractivity contribution in [2.24, 2.45) is 0 Å². The van der Waals surface area contributed by atoms with E-state index in [4.69, 9.17) is 9.30 Å². The second kappa shape index (κ2) is 5.68. The van der Waals surface area contributed by atoms with Crippen LogP contribution in [0.15, 0.2) is 36.4 Å². The van der Waals surface area contributed by atoms with Crippen molar-refractivity contribution in [1.82, 2.24) is 3.15 Å². The van der Waals surface area contributed by atoms with Gasteiger partial charge in [0.1, 0.15) is 0 Å². The number of benzene rings is 2. The van der Waals surface area contributed by atoms with Crippen molar-refractivity contribution in [3.63, 3.8) is 0 Å². The summed E-state index contributed by atoms with van der Waals surface area (Å²) in [6, 6.07) is 12.6. The molecule has 0 atom stereocenters. The van der Waals surface area contributed by atoms with E-state index in [2.05, 4.69) is 41.3 Å². The molecule has 0 radical (unpaired) electrons. The average Bonchev–Trinajstić information content (AvgIpc) is 2.51. The fraction of sp³-hybridized carbons (Fsp3) is 0.333. The van der Waals surface area contributed by atoms with Gasteiger partial charge in [-0.15, -0.1) is 0 Å². The van der Waals surface area contributed by atoms with Crippen molar-refractivity contribution in [1.29, 1.82) is 0 Å². The number of rotatable bonds is 2. The van der Waals surface area contributed by atoms with E-state index in [1.807, 2.05) is 19.1 Å². The maximum atomic E-state index is 6.38. The molecular weight excluding hydrogens is 406 g/mol. The van der Waals surface area contributed by atoms with Crippen LogP contribution in [-0.4, -0.2) is 29.4 Å². The summed E-state index contributed by atoms with van der Waals surface area (Å²) >= 11 is -3.54. The summed E-state index contributed by atoms with van der Waals surface area (Å²) < 4.78 is 21.2. The van der Waals surface area contributed by atoms with Gasteiger partial charge in [0.05, 0.1) is 0 Å². The van der Waals surface area contributed by atoms with E-state index in [-0.39, 0.29) is 0 Å².